The van der Waals surface area contributed by atoms with Crippen molar-refractivity contribution in [2.24, 2.45) is 0 Å². The van der Waals surface area contributed by atoms with Gasteiger partial charge < -0.3 is 9.64 Å². The van der Waals surface area contributed by atoms with E-state index in [1.54, 1.807) is 0 Å². The van der Waals surface area contributed by atoms with Crippen molar-refractivity contribution in [1.29, 1.82) is 0 Å². The molecule has 0 bridgehead atoms. The van der Waals surface area contributed by atoms with Crippen molar-refractivity contribution in [1.82, 2.24) is 0 Å². The van der Waals surface area contributed by atoms with E-state index >= 15 is 0 Å². The molecular formula is C17H17F6NO. The Labute approximate surface area is 141 Å². The second-order valence-electron chi connectivity index (χ2n) is 4.95. The molecule has 0 amide bonds. The van der Waals surface area contributed by atoms with Crippen LogP contribution in [0.2, 0.25) is 0 Å². The van der Waals surface area contributed by atoms with Gasteiger partial charge in [0, 0.05) is 13.1 Å². The molecule has 1 aromatic carbocycles. The van der Waals surface area contributed by atoms with Crippen LogP contribution < -0.4 is 9.64 Å². The number of hydrogen-bond donors (Lipinski definition) is 0. The first-order valence-electron chi connectivity index (χ1n) is 7.09. The number of rotatable bonds is 8. The Morgan fingerprint density at radius 1 is 0.880 bits per heavy atom. The van der Waals surface area contributed by atoms with Crippen LogP contribution in [0, 0.1) is 0 Å². The molecule has 0 aliphatic carbocycles. The summed E-state index contributed by atoms with van der Waals surface area (Å²) < 4.78 is 84.3. The topological polar surface area (TPSA) is 12.5 Å². The molecule has 138 valence electrons. The number of nitrogens with zero attached hydrogens (tertiary/aromatic N) is 1. The zero-order valence-corrected chi connectivity index (χ0v) is 13.3. The lowest BCUT2D eigenvalue weighted by Gasteiger charge is -2.27. The average Bonchev–Trinajstić information content (AvgIpc) is 2.50. The summed E-state index contributed by atoms with van der Waals surface area (Å²) in [5.74, 6) is -0.691. The Bertz CT molecular complexity index is 623. The molecule has 0 saturated heterocycles. The highest BCUT2D eigenvalue weighted by Crippen LogP contribution is 2.46. The van der Waals surface area contributed by atoms with Gasteiger partial charge in [-0.15, -0.1) is 13.2 Å². The van der Waals surface area contributed by atoms with Crippen molar-refractivity contribution in [2.75, 3.05) is 24.6 Å². The maximum atomic E-state index is 13.3. The number of halogens is 6. The Kier molecular flexibility index (Phi) is 6.72. The molecule has 8 heteroatoms. The number of ether oxygens (including phenoxy) is 1. The molecule has 0 atom stereocenters. The quantitative estimate of drug-likeness (QED) is 0.448. The van der Waals surface area contributed by atoms with E-state index in [0.717, 1.165) is 0 Å². The van der Waals surface area contributed by atoms with E-state index < -0.39 is 29.2 Å². The van der Waals surface area contributed by atoms with E-state index in [0.29, 0.717) is 6.07 Å². The summed E-state index contributed by atoms with van der Waals surface area (Å²) in [6.07, 6.45) is -6.06. The molecule has 0 aliphatic heterocycles. The minimum absolute atomic E-state index is 0.00900. The summed E-state index contributed by atoms with van der Waals surface area (Å²) in [6.45, 7) is 9.99. The van der Waals surface area contributed by atoms with E-state index in [-0.39, 0.29) is 31.5 Å². The van der Waals surface area contributed by atoms with Gasteiger partial charge in [0.25, 0.3) is 0 Å². The van der Waals surface area contributed by atoms with Gasteiger partial charge in [0.1, 0.15) is 12.2 Å². The maximum absolute atomic E-state index is 13.3. The lowest BCUT2D eigenvalue weighted by Crippen LogP contribution is -2.26. The maximum Gasteiger partial charge on any atom is 0.420 e. The summed E-state index contributed by atoms with van der Waals surface area (Å²) in [5, 5.41) is 0. The van der Waals surface area contributed by atoms with E-state index in [2.05, 4.69) is 19.7 Å². The molecule has 0 unspecified atom stereocenters. The third kappa shape index (κ3) is 5.30. The summed E-state index contributed by atoms with van der Waals surface area (Å²) >= 11 is 0. The zero-order valence-electron chi connectivity index (χ0n) is 13.3. The van der Waals surface area contributed by atoms with Crippen LogP contribution in [0.25, 0.3) is 0 Å². The van der Waals surface area contributed by atoms with Gasteiger partial charge >= 0.3 is 12.4 Å². The lowest BCUT2D eigenvalue weighted by atomic mass is 10.1. The predicted octanol–water partition coefficient (Wildman–Crippen LogP) is 5.47. The van der Waals surface area contributed by atoms with E-state index in [9.17, 15) is 26.3 Å². The van der Waals surface area contributed by atoms with Gasteiger partial charge in [0.2, 0.25) is 0 Å². The van der Waals surface area contributed by atoms with Gasteiger partial charge in [-0.3, -0.25) is 0 Å². The second kappa shape index (κ2) is 8.13. The minimum Gasteiger partial charge on any atom is -0.487 e. The molecule has 1 rings (SSSR count). The average molecular weight is 365 g/mol. The lowest BCUT2D eigenvalue weighted by molar-refractivity contribution is -0.143. The van der Waals surface area contributed by atoms with Crippen LogP contribution in [0.5, 0.6) is 5.75 Å². The van der Waals surface area contributed by atoms with Crippen molar-refractivity contribution in [3.05, 3.63) is 61.2 Å². The molecule has 0 radical (unpaired) electrons. The highest BCUT2D eigenvalue weighted by molar-refractivity contribution is 5.65. The summed E-state index contributed by atoms with van der Waals surface area (Å²) in [5.41, 5.74) is -3.26. The van der Waals surface area contributed by atoms with Crippen molar-refractivity contribution >= 4 is 5.69 Å². The fraction of sp³-hybridized carbons (Fsp3) is 0.294. The summed E-state index contributed by atoms with van der Waals surface area (Å²) in [6, 6.07) is 0.669. The predicted molar refractivity (Wildman–Crippen MR) is 84.7 cm³/mol. The highest BCUT2D eigenvalue weighted by Gasteiger charge is 2.41. The van der Waals surface area contributed by atoms with Crippen LogP contribution in [0.4, 0.5) is 32.0 Å². The van der Waals surface area contributed by atoms with Crippen molar-refractivity contribution in [3.63, 3.8) is 0 Å². The van der Waals surface area contributed by atoms with Gasteiger partial charge in [-0.25, -0.2) is 0 Å². The molecular weight excluding hydrogens is 348 g/mol. The van der Waals surface area contributed by atoms with Gasteiger partial charge in [0.15, 0.2) is 5.75 Å². The van der Waals surface area contributed by atoms with Crippen LogP contribution in [0.3, 0.4) is 0 Å². The highest BCUT2D eigenvalue weighted by atomic mass is 19.4. The van der Waals surface area contributed by atoms with Crippen molar-refractivity contribution in [3.8, 4) is 5.75 Å². The normalized spacial score (nSPS) is 11.8. The SMILES string of the molecule is C=CCOc1c(N(CC=C)CC=C)cc(C(F)(F)F)cc1C(F)(F)F. The number of anilines is 1. The molecule has 0 aromatic heterocycles. The Morgan fingerprint density at radius 2 is 1.44 bits per heavy atom. The van der Waals surface area contributed by atoms with Crippen molar-refractivity contribution < 1.29 is 31.1 Å². The zero-order chi connectivity index (χ0) is 19.3. The van der Waals surface area contributed by atoms with Crippen LogP contribution in [0.15, 0.2) is 50.1 Å². The first kappa shape index (κ1) is 20.7. The standard InChI is InChI=1S/C17H17F6NO/c1-4-7-24(8-5-2)14-11-12(16(18,19)20)10-13(17(21,22)23)15(14)25-9-6-3/h4-6,10-11H,1-3,7-9H2. The molecule has 0 saturated carbocycles. The molecule has 2 nitrogen and oxygen atoms in total. The minimum atomic E-state index is -5.03. The Morgan fingerprint density at radius 3 is 1.84 bits per heavy atom. The molecule has 25 heavy (non-hydrogen) atoms. The van der Waals surface area contributed by atoms with Gasteiger partial charge in [-0.1, -0.05) is 24.8 Å². The summed E-state index contributed by atoms with van der Waals surface area (Å²) in [7, 11) is 0. The molecule has 1 aromatic rings. The van der Waals surface area contributed by atoms with Crippen LogP contribution in [-0.2, 0) is 12.4 Å². The molecule has 0 fully saturated rings. The second-order valence-corrected chi connectivity index (χ2v) is 4.95. The number of hydrogen-bond acceptors (Lipinski definition) is 2. The van der Waals surface area contributed by atoms with Crippen LogP contribution >= 0.6 is 0 Å². The Hall–Kier alpha value is -2.38. The van der Waals surface area contributed by atoms with Gasteiger partial charge in [0.05, 0.1) is 11.3 Å². The van der Waals surface area contributed by atoms with E-state index in [4.69, 9.17) is 4.74 Å². The van der Waals surface area contributed by atoms with Crippen LogP contribution in [0.1, 0.15) is 11.1 Å². The fourth-order valence-electron chi connectivity index (χ4n) is 2.10. The van der Waals surface area contributed by atoms with Crippen LogP contribution in [-0.4, -0.2) is 19.7 Å². The fourth-order valence-corrected chi connectivity index (χ4v) is 2.10. The third-order valence-corrected chi connectivity index (χ3v) is 3.09. The van der Waals surface area contributed by atoms with E-state index in [1.165, 1.54) is 23.1 Å². The first-order chi connectivity index (χ1) is 11.6. The molecule has 0 heterocycles. The van der Waals surface area contributed by atoms with Crippen molar-refractivity contribution in [2.45, 2.75) is 12.4 Å². The number of alkyl halides is 6. The Balaban J connectivity index is 3.74. The number of benzene rings is 1. The largest absolute Gasteiger partial charge is 0.487 e. The third-order valence-electron chi connectivity index (χ3n) is 3.09. The smallest absolute Gasteiger partial charge is 0.420 e. The molecule has 0 N–H and O–H groups in total. The monoisotopic (exact) mass is 365 g/mol. The molecule has 0 spiro atoms. The molecule has 0 aliphatic rings. The summed E-state index contributed by atoms with van der Waals surface area (Å²) in [4.78, 5) is 1.25. The van der Waals surface area contributed by atoms with E-state index in [1.807, 2.05) is 0 Å². The van der Waals surface area contributed by atoms with Gasteiger partial charge in [-0.2, -0.15) is 26.3 Å². The van der Waals surface area contributed by atoms with Gasteiger partial charge in [-0.05, 0) is 12.1 Å². The first-order valence-corrected chi connectivity index (χ1v) is 7.09.